The standard InChI is InChI=1S/C17H16N2O6S/c20-14(21)6-17(3-4-23-8-17)19-15(22)11-7-26-16(18-11)10-1-2-12-13(5-10)25-9-24-12/h1-2,5,7H,3-4,6,8-9H2,(H,19,22)(H,20,21). The molecule has 0 radical (unpaired) electrons. The molecule has 1 saturated heterocycles. The number of thiazole rings is 1. The van der Waals surface area contributed by atoms with Crippen molar-refractivity contribution in [3.63, 3.8) is 0 Å². The molecule has 3 heterocycles. The smallest absolute Gasteiger partial charge is 0.305 e. The van der Waals surface area contributed by atoms with Crippen LogP contribution in [-0.2, 0) is 9.53 Å². The lowest BCUT2D eigenvalue weighted by molar-refractivity contribution is -0.138. The fraction of sp³-hybridized carbons (Fsp3) is 0.353. The summed E-state index contributed by atoms with van der Waals surface area (Å²) in [7, 11) is 0. The number of benzene rings is 1. The zero-order valence-electron chi connectivity index (χ0n) is 13.7. The molecule has 2 aromatic rings. The Kier molecular flexibility index (Phi) is 4.25. The van der Waals surface area contributed by atoms with Crippen LogP contribution in [0.3, 0.4) is 0 Å². The molecule has 1 amide bonds. The molecule has 1 aromatic carbocycles. The normalized spacial score (nSPS) is 20.9. The Balaban J connectivity index is 1.52. The number of aliphatic carboxylic acids is 1. The van der Waals surface area contributed by atoms with E-state index in [1.165, 1.54) is 11.3 Å². The van der Waals surface area contributed by atoms with Gasteiger partial charge < -0.3 is 24.6 Å². The third kappa shape index (κ3) is 3.23. The third-order valence-electron chi connectivity index (χ3n) is 4.33. The number of ether oxygens (including phenoxy) is 3. The van der Waals surface area contributed by atoms with Gasteiger partial charge in [0.25, 0.3) is 5.91 Å². The van der Waals surface area contributed by atoms with Gasteiger partial charge in [0.1, 0.15) is 10.7 Å². The zero-order valence-corrected chi connectivity index (χ0v) is 14.5. The highest BCUT2D eigenvalue weighted by Gasteiger charge is 2.39. The molecule has 2 aliphatic rings. The number of hydrogen-bond acceptors (Lipinski definition) is 7. The maximum atomic E-state index is 12.6. The second-order valence-electron chi connectivity index (χ2n) is 6.21. The second kappa shape index (κ2) is 6.58. The fourth-order valence-electron chi connectivity index (χ4n) is 3.02. The Labute approximate surface area is 152 Å². The van der Waals surface area contributed by atoms with Crippen molar-refractivity contribution in [2.75, 3.05) is 20.0 Å². The first-order chi connectivity index (χ1) is 12.5. The summed E-state index contributed by atoms with van der Waals surface area (Å²) in [6.45, 7) is 0.801. The van der Waals surface area contributed by atoms with E-state index < -0.39 is 17.4 Å². The van der Waals surface area contributed by atoms with E-state index in [1.54, 1.807) is 11.4 Å². The molecule has 0 spiro atoms. The number of carboxylic acid groups (broad SMARTS) is 1. The van der Waals surface area contributed by atoms with Gasteiger partial charge in [-0.2, -0.15) is 0 Å². The van der Waals surface area contributed by atoms with Gasteiger partial charge in [0.15, 0.2) is 11.5 Å². The molecule has 1 atom stereocenters. The summed E-state index contributed by atoms with van der Waals surface area (Å²) in [5.41, 5.74) is 0.188. The lowest BCUT2D eigenvalue weighted by Crippen LogP contribution is -2.50. The van der Waals surface area contributed by atoms with Crippen LogP contribution in [0.5, 0.6) is 11.5 Å². The summed E-state index contributed by atoms with van der Waals surface area (Å²) >= 11 is 1.33. The number of aromatic nitrogens is 1. The minimum absolute atomic E-state index is 0.183. The number of rotatable bonds is 5. The molecule has 1 fully saturated rings. The van der Waals surface area contributed by atoms with Crippen LogP contribution in [0.15, 0.2) is 23.6 Å². The largest absolute Gasteiger partial charge is 0.481 e. The molecule has 2 N–H and O–H groups in total. The molecule has 0 bridgehead atoms. The summed E-state index contributed by atoms with van der Waals surface area (Å²) in [5.74, 6) is -0.0533. The predicted octanol–water partition coefficient (Wildman–Crippen LogP) is 1.90. The van der Waals surface area contributed by atoms with Crippen LogP contribution in [0.1, 0.15) is 23.3 Å². The highest BCUT2D eigenvalue weighted by molar-refractivity contribution is 7.13. The molecule has 4 rings (SSSR count). The Morgan fingerprint density at radius 1 is 1.31 bits per heavy atom. The SMILES string of the molecule is O=C(O)CC1(NC(=O)c2csc(-c3ccc4c(c3)OCO4)n2)CCOC1. The van der Waals surface area contributed by atoms with Gasteiger partial charge in [0.2, 0.25) is 6.79 Å². The maximum Gasteiger partial charge on any atom is 0.305 e. The van der Waals surface area contributed by atoms with E-state index in [4.69, 9.17) is 19.3 Å². The van der Waals surface area contributed by atoms with Crippen molar-refractivity contribution in [1.29, 1.82) is 0 Å². The lowest BCUT2D eigenvalue weighted by Gasteiger charge is -2.26. The van der Waals surface area contributed by atoms with Crippen LogP contribution in [0.4, 0.5) is 0 Å². The number of carboxylic acids is 1. The van der Waals surface area contributed by atoms with E-state index in [2.05, 4.69) is 10.3 Å². The van der Waals surface area contributed by atoms with E-state index in [-0.39, 0.29) is 25.5 Å². The van der Waals surface area contributed by atoms with E-state index in [0.717, 1.165) is 5.56 Å². The van der Waals surface area contributed by atoms with Crippen LogP contribution in [0, 0.1) is 0 Å². The zero-order chi connectivity index (χ0) is 18.1. The van der Waals surface area contributed by atoms with Gasteiger partial charge in [-0.3, -0.25) is 9.59 Å². The number of carbonyl (C=O) groups is 2. The molecule has 8 nitrogen and oxygen atoms in total. The molecular weight excluding hydrogens is 360 g/mol. The molecule has 0 saturated carbocycles. The summed E-state index contributed by atoms with van der Waals surface area (Å²) in [6.07, 6.45) is 0.280. The molecule has 1 unspecified atom stereocenters. The third-order valence-corrected chi connectivity index (χ3v) is 5.22. The van der Waals surface area contributed by atoms with Crippen molar-refractivity contribution in [2.24, 2.45) is 0 Å². The number of amides is 1. The van der Waals surface area contributed by atoms with Crippen molar-refractivity contribution in [1.82, 2.24) is 10.3 Å². The molecule has 0 aliphatic carbocycles. The summed E-state index contributed by atoms with van der Waals surface area (Å²) < 4.78 is 15.9. The Hall–Kier alpha value is -2.65. The Morgan fingerprint density at radius 3 is 2.92 bits per heavy atom. The van der Waals surface area contributed by atoms with Crippen molar-refractivity contribution in [3.05, 3.63) is 29.3 Å². The first kappa shape index (κ1) is 16.8. The first-order valence-electron chi connectivity index (χ1n) is 8.02. The molecule has 9 heteroatoms. The lowest BCUT2D eigenvalue weighted by atomic mass is 9.94. The van der Waals surface area contributed by atoms with Crippen molar-refractivity contribution in [3.8, 4) is 22.1 Å². The molecule has 2 aliphatic heterocycles. The second-order valence-corrected chi connectivity index (χ2v) is 7.07. The van der Waals surface area contributed by atoms with Gasteiger partial charge in [0, 0.05) is 17.6 Å². The van der Waals surface area contributed by atoms with Crippen LogP contribution in [0.2, 0.25) is 0 Å². The van der Waals surface area contributed by atoms with Gasteiger partial charge in [-0.15, -0.1) is 11.3 Å². The van der Waals surface area contributed by atoms with Crippen LogP contribution >= 0.6 is 11.3 Å². The van der Waals surface area contributed by atoms with Crippen LogP contribution < -0.4 is 14.8 Å². The van der Waals surface area contributed by atoms with Gasteiger partial charge in [-0.05, 0) is 24.6 Å². The van der Waals surface area contributed by atoms with Gasteiger partial charge in [0.05, 0.1) is 18.6 Å². The average molecular weight is 376 g/mol. The molecule has 1 aromatic heterocycles. The minimum Gasteiger partial charge on any atom is -0.481 e. The number of nitrogens with one attached hydrogen (secondary N) is 1. The number of nitrogens with zero attached hydrogens (tertiary/aromatic N) is 1. The van der Waals surface area contributed by atoms with Crippen LogP contribution in [0.25, 0.3) is 10.6 Å². The van der Waals surface area contributed by atoms with Crippen molar-refractivity contribution >= 4 is 23.2 Å². The minimum atomic E-state index is -0.977. The number of carbonyl (C=O) groups excluding carboxylic acids is 1. The molecule has 136 valence electrons. The van der Waals surface area contributed by atoms with E-state index in [0.29, 0.717) is 29.5 Å². The highest BCUT2D eigenvalue weighted by atomic mass is 32.1. The monoisotopic (exact) mass is 376 g/mol. The van der Waals surface area contributed by atoms with E-state index in [1.807, 2.05) is 12.1 Å². The van der Waals surface area contributed by atoms with Crippen molar-refractivity contribution in [2.45, 2.75) is 18.4 Å². The fourth-order valence-corrected chi connectivity index (χ4v) is 3.82. The topological polar surface area (TPSA) is 107 Å². The Morgan fingerprint density at radius 2 is 2.15 bits per heavy atom. The van der Waals surface area contributed by atoms with E-state index >= 15 is 0 Å². The summed E-state index contributed by atoms with van der Waals surface area (Å²) in [4.78, 5) is 28.1. The van der Waals surface area contributed by atoms with Crippen LogP contribution in [-0.4, -0.2) is 47.5 Å². The van der Waals surface area contributed by atoms with Gasteiger partial charge in [-0.1, -0.05) is 0 Å². The molecule has 26 heavy (non-hydrogen) atoms. The van der Waals surface area contributed by atoms with E-state index in [9.17, 15) is 9.59 Å². The molecular formula is C17H16N2O6S. The average Bonchev–Trinajstić information content (AvgIpc) is 3.34. The first-order valence-corrected chi connectivity index (χ1v) is 8.90. The quantitative estimate of drug-likeness (QED) is 0.821. The van der Waals surface area contributed by atoms with Gasteiger partial charge >= 0.3 is 5.97 Å². The van der Waals surface area contributed by atoms with Gasteiger partial charge in [-0.25, -0.2) is 4.98 Å². The Bertz CT molecular complexity index is 859. The summed E-state index contributed by atoms with van der Waals surface area (Å²) in [6, 6.07) is 5.47. The number of hydrogen-bond donors (Lipinski definition) is 2. The number of fused-ring (bicyclic) bond motifs is 1. The predicted molar refractivity (Wildman–Crippen MR) is 91.6 cm³/mol. The maximum absolute atomic E-state index is 12.6. The summed E-state index contributed by atoms with van der Waals surface area (Å²) in [5, 5.41) is 14.2. The highest BCUT2D eigenvalue weighted by Crippen LogP contribution is 2.36. The van der Waals surface area contributed by atoms with Crippen molar-refractivity contribution < 1.29 is 28.9 Å².